The predicted molar refractivity (Wildman–Crippen MR) is 92.9 cm³/mol. The molecule has 1 atom stereocenters. The van der Waals surface area contributed by atoms with Crippen molar-refractivity contribution < 1.29 is 21.4 Å². The molecule has 3 aromatic carbocycles. The van der Waals surface area contributed by atoms with Gasteiger partial charge in [0.2, 0.25) is 0 Å². The number of rotatable bonds is 3. The van der Waals surface area contributed by atoms with Gasteiger partial charge in [0.25, 0.3) is 0 Å². The average molecular weight is 386 g/mol. The van der Waals surface area contributed by atoms with Crippen molar-refractivity contribution in [2.24, 2.45) is 0 Å². The van der Waals surface area contributed by atoms with Crippen LogP contribution >= 0.6 is 9.90 Å². The van der Waals surface area contributed by atoms with Gasteiger partial charge in [-0.1, -0.05) is 0 Å². The quantitative estimate of drug-likeness (QED) is 0.486. The molecule has 0 bridgehead atoms. The molecule has 0 saturated carbocycles. The Bertz CT molecular complexity index is 535. The van der Waals surface area contributed by atoms with Crippen molar-refractivity contribution in [1.82, 2.24) is 0 Å². The first-order valence-electron chi connectivity index (χ1n) is 6.23. The van der Waals surface area contributed by atoms with E-state index >= 15 is 0 Å². The molecule has 2 N–H and O–H groups in total. The summed E-state index contributed by atoms with van der Waals surface area (Å²) in [7, 11) is 0. The molecule has 3 heteroatoms. The van der Waals surface area contributed by atoms with Crippen LogP contribution in [0.1, 0.15) is 0 Å². The topological polar surface area (TPSA) is 31.5 Å². The summed E-state index contributed by atoms with van der Waals surface area (Å²) in [5, 5.41) is 0. The summed E-state index contributed by atoms with van der Waals surface area (Å²) < 4.78 is 4.39. The number of benzene rings is 3. The van der Waals surface area contributed by atoms with Crippen LogP contribution in [0, 0.1) is 0 Å². The summed E-state index contributed by atoms with van der Waals surface area (Å²) in [6.45, 7) is 0. The Labute approximate surface area is 134 Å². The van der Waals surface area contributed by atoms with Gasteiger partial charge in [-0.2, -0.15) is 9.90 Å². The van der Waals surface area contributed by atoms with Gasteiger partial charge in [-0.15, -0.1) is 0 Å². The SMILES string of the molecule is O.P.c1cc[c]([Rh]([c]2ccccc2)[c]2ccccc2)cc1. The van der Waals surface area contributed by atoms with Gasteiger partial charge in [-0.3, -0.25) is 0 Å². The zero-order valence-electron chi connectivity index (χ0n) is 11.7. The Morgan fingerprint density at radius 3 is 0.905 bits per heavy atom. The maximum absolute atomic E-state index is 2.26. The van der Waals surface area contributed by atoms with E-state index in [0.29, 0.717) is 0 Å². The van der Waals surface area contributed by atoms with Crippen molar-refractivity contribution in [3.05, 3.63) is 91.0 Å². The fourth-order valence-corrected chi connectivity index (χ4v) is 6.11. The second-order valence-electron chi connectivity index (χ2n) is 4.06. The van der Waals surface area contributed by atoms with Crippen molar-refractivity contribution in [2.75, 3.05) is 0 Å². The van der Waals surface area contributed by atoms with E-state index < -0.39 is 16.0 Å². The van der Waals surface area contributed by atoms with Gasteiger partial charge in [-0.25, -0.2) is 0 Å². The summed E-state index contributed by atoms with van der Waals surface area (Å²) >= 11 is -1.21. The molecule has 3 aromatic rings. The first kappa shape index (κ1) is 17.7. The summed E-state index contributed by atoms with van der Waals surface area (Å²) in [4.78, 5) is 0. The van der Waals surface area contributed by atoms with Gasteiger partial charge in [0.1, 0.15) is 0 Å². The van der Waals surface area contributed by atoms with E-state index in [1.807, 2.05) is 0 Å². The fourth-order valence-electron chi connectivity index (χ4n) is 1.88. The van der Waals surface area contributed by atoms with Crippen molar-refractivity contribution >= 4 is 22.4 Å². The Morgan fingerprint density at radius 2 is 0.667 bits per heavy atom. The normalized spacial score (nSPS) is 10.0. The molecule has 0 heterocycles. The van der Waals surface area contributed by atoms with E-state index in [-0.39, 0.29) is 15.4 Å². The minimum absolute atomic E-state index is 0. The van der Waals surface area contributed by atoms with Crippen LogP contribution in [0.25, 0.3) is 0 Å². The molecule has 1 nitrogen and oxygen atoms in total. The van der Waals surface area contributed by atoms with Crippen LogP contribution in [0.5, 0.6) is 0 Å². The van der Waals surface area contributed by atoms with Crippen LogP contribution in [-0.4, -0.2) is 5.48 Å². The maximum atomic E-state index is 2.26. The van der Waals surface area contributed by atoms with Gasteiger partial charge in [0.15, 0.2) is 0 Å². The van der Waals surface area contributed by atoms with E-state index in [2.05, 4.69) is 91.0 Å². The molecule has 0 aliphatic carbocycles. The third-order valence-electron chi connectivity index (χ3n) is 2.73. The molecule has 0 amide bonds. The Morgan fingerprint density at radius 1 is 0.429 bits per heavy atom. The van der Waals surface area contributed by atoms with E-state index in [0.717, 1.165) is 0 Å². The second kappa shape index (κ2) is 8.85. The molecule has 112 valence electrons. The summed E-state index contributed by atoms with van der Waals surface area (Å²) in [5.74, 6) is 0. The molecular weight excluding hydrogens is 366 g/mol. The number of hydrogen-bond acceptors (Lipinski definition) is 0. The molecule has 0 spiro atoms. The predicted octanol–water partition coefficient (Wildman–Crippen LogP) is 1.81. The number of hydrogen-bond donors (Lipinski definition) is 0. The van der Waals surface area contributed by atoms with Crippen molar-refractivity contribution in [1.29, 1.82) is 0 Å². The fraction of sp³-hybridized carbons (Fsp3) is 0. The van der Waals surface area contributed by atoms with E-state index in [4.69, 9.17) is 0 Å². The molecule has 3 rings (SSSR count). The second-order valence-corrected chi connectivity index (χ2v) is 8.13. The molecule has 1 unspecified atom stereocenters. The molecule has 0 aliphatic heterocycles. The standard InChI is InChI=1S/3C6H5.H2O.H3P.Rh/c3*1-2-4-6-5-3-1;;;/h3*1-5H;1H2;1H3;. The van der Waals surface area contributed by atoms with Gasteiger partial charge < -0.3 is 5.48 Å². The Balaban J connectivity index is 0.00000110. The summed E-state index contributed by atoms with van der Waals surface area (Å²) in [6.07, 6.45) is 0. The van der Waals surface area contributed by atoms with Crippen LogP contribution < -0.4 is 12.5 Å². The average Bonchev–Trinajstić information content (AvgIpc) is 2.51. The summed E-state index contributed by atoms with van der Waals surface area (Å²) in [6, 6.07) is 32.6. The van der Waals surface area contributed by atoms with Crippen molar-refractivity contribution in [3.63, 3.8) is 0 Å². The first-order chi connectivity index (χ1) is 9.45. The van der Waals surface area contributed by atoms with Gasteiger partial charge >= 0.3 is 119 Å². The van der Waals surface area contributed by atoms with E-state index in [9.17, 15) is 0 Å². The van der Waals surface area contributed by atoms with E-state index in [1.54, 1.807) is 0 Å². The third-order valence-corrected chi connectivity index (χ3v) is 7.21. The van der Waals surface area contributed by atoms with E-state index in [1.165, 1.54) is 12.5 Å². The molecule has 0 saturated heterocycles. The zero-order chi connectivity index (χ0) is 12.9. The molecule has 21 heavy (non-hydrogen) atoms. The minimum atomic E-state index is -1.21. The van der Waals surface area contributed by atoms with Gasteiger partial charge in [0.05, 0.1) is 0 Å². The third kappa shape index (κ3) is 4.32. The van der Waals surface area contributed by atoms with Gasteiger partial charge in [0, 0.05) is 0 Å². The van der Waals surface area contributed by atoms with Crippen LogP contribution in [0.2, 0.25) is 0 Å². The monoisotopic (exact) mass is 386 g/mol. The van der Waals surface area contributed by atoms with Crippen LogP contribution in [0.15, 0.2) is 91.0 Å². The summed E-state index contributed by atoms with van der Waals surface area (Å²) in [5.41, 5.74) is 0. The van der Waals surface area contributed by atoms with Crippen molar-refractivity contribution in [2.45, 2.75) is 0 Å². The molecular formula is C18H20OPRh. The molecule has 0 aliphatic rings. The zero-order valence-corrected chi connectivity index (χ0v) is 14.8. The molecule has 0 aromatic heterocycles. The first-order valence-corrected chi connectivity index (χ1v) is 8.69. The van der Waals surface area contributed by atoms with Crippen LogP contribution in [0.3, 0.4) is 0 Å². The van der Waals surface area contributed by atoms with Crippen LogP contribution in [-0.2, 0) is 16.0 Å². The molecule has 0 radical (unpaired) electrons. The van der Waals surface area contributed by atoms with Gasteiger partial charge in [-0.05, 0) is 0 Å². The van der Waals surface area contributed by atoms with Crippen LogP contribution in [0.4, 0.5) is 0 Å². The Kier molecular flexibility index (Phi) is 7.47. The van der Waals surface area contributed by atoms with Crippen molar-refractivity contribution in [3.8, 4) is 0 Å². The molecule has 0 fully saturated rings. The Hall–Kier alpha value is -1.33.